The van der Waals surface area contributed by atoms with Gasteiger partial charge in [0.2, 0.25) is 5.91 Å². The van der Waals surface area contributed by atoms with Gasteiger partial charge < -0.3 is 21.0 Å². The number of carboxylic acids is 1. The maximum Gasteiger partial charge on any atom is 0.269 e. The molecule has 0 saturated carbocycles. The molecule has 0 aliphatic heterocycles. The van der Waals surface area contributed by atoms with Crippen LogP contribution in [0.5, 0.6) is 0 Å². The molecule has 1 rings (SSSR count). The highest BCUT2D eigenvalue weighted by Crippen LogP contribution is 2.15. The van der Waals surface area contributed by atoms with Crippen LogP contribution in [0.1, 0.15) is 6.42 Å². The van der Waals surface area contributed by atoms with E-state index in [1.807, 2.05) is 0 Å². The Kier molecular flexibility index (Phi) is 4.33. The summed E-state index contributed by atoms with van der Waals surface area (Å²) in [6.45, 7) is 0. The van der Waals surface area contributed by atoms with Crippen molar-refractivity contribution in [2.75, 3.05) is 5.32 Å². The van der Waals surface area contributed by atoms with Crippen molar-refractivity contribution in [3.63, 3.8) is 0 Å². The predicted octanol–water partition coefficient (Wildman–Crippen LogP) is -1.72. The van der Waals surface area contributed by atoms with Gasteiger partial charge in [0, 0.05) is 17.8 Å². The Morgan fingerprint density at radius 2 is 1.89 bits per heavy atom. The van der Waals surface area contributed by atoms with Crippen molar-refractivity contribution >= 4 is 23.3 Å². The first-order valence-electron chi connectivity index (χ1n) is 4.98. The summed E-state index contributed by atoms with van der Waals surface area (Å²) < 4.78 is 0. The van der Waals surface area contributed by atoms with Gasteiger partial charge in [-0.2, -0.15) is 0 Å². The standard InChI is InChI=1S/C10H11N3O5/c11-8(10(15)16)5-9(14)12-6-1-3-7(4-2-6)13(17)18/h1-4,8H,5,11H2,(H,12,14)(H,15,16)/t8-/m0/s1. The van der Waals surface area contributed by atoms with E-state index in [0.29, 0.717) is 5.69 Å². The summed E-state index contributed by atoms with van der Waals surface area (Å²) in [4.78, 5) is 31.6. The summed E-state index contributed by atoms with van der Waals surface area (Å²) in [7, 11) is 0. The van der Waals surface area contributed by atoms with Crippen molar-refractivity contribution in [1.82, 2.24) is 0 Å². The summed E-state index contributed by atoms with van der Waals surface area (Å²) in [6, 6.07) is 4.04. The number of nitro benzene ring substituents is 1. The monoisotopic (exact) mass is 253 g/mol. The second-order valence-electron chi connectivity index (χ2n) is 3.57. The number of hydrogen-bond acceptors (Lipinski definition) is 5. The number of nitro groups is 1. The second kappa shape index (κ2) is 5.73. The van der Waals surface area contributed by atoms with Gasteiger partial charge in [0.25, 0.3) is 5.69 Å². The minimum absolute atomic E-state index is 0.0993. The molecule has 0 saturated heterocycles. The van der Waals surface area contributed by atoms with E-state index in [1.54, 1.807) is 0 Å². The lowest BCUT2D eigenvalue weighted by Crippen LogP contribution is -2.69. The number of carbonyl (C=O) groups is 2. The van der Waals surface area contributed by atoms with Crippen LogP contribution in [0.2, 0.25) is 0 Å². The van der Waals surface area contributed by atoms with Crippen LogP contribution in [0.3, 0.4) is 0 Å². The number of amides is 1. The van der Waals surface area contributed by atoms with E-state index in [4.69, 9.17) is 0 Å². The van der Waals surface area contributed by atoms with E-state index < -0.39 is 22.8 Å². The molecule has 0 fully saturated rings. The molecule has 0 spiro atoms. The Morgan fingerprint density at radius 3 is 2.33 bits per heavy atom. The number of non-ortho nitro benzene ring substituents is 1. The van der Waals surface area contributed by atoms with Gasteiger partial charge in [-0.15, -0.1) is 0 Å². The van der Waals surface area contributed by atoms with Gasteiger partial charge in [-0.1, -0.05) is 0 Å². The molecule has 4 N–H and O–H groups in total. The van der Waals surface area contributed by atoms with Crippen LogP contribution < -0.4 is 16.2 Å². The molecule has 8 nitrogen and oxygen atoms in total. The molecule has 0 unspecified atom stereocenters. The molecule has 1 atom stereocenters. The van der Waals surface area contributed by atoms with Crippen LogP contribution in [0.4, 0.5) is 11.4 Å². The molecule has 0 aliphatic rings. The van der Waals surface area contributed by atoms with Gasteiger partial charge in [-0.25, -0.2) is 0 Å². The van der Waals surface area contributed by atoms with Crippen LogP contribution in [-0.4, -0.2) is 22.8 Å². The molecule has 0 bridgehead atoms. The van der Waals surface area contributed by atoms with E-state index in [1.165, 1.54) is 24.3 Å². The number of anilines is 1. The number of benzene rings is 1. The first-order chi connectivity index (χ1) is 8.40. The lowest BCUT2D eigenvalue weighted by Gasteiger charge is -2.09. The van der Waals surface area contributed by atoms with Gasteiger partial charge in [-0.05, 0) is 12.1 Å². The van der Waals surface area contributed by atoms with Crippen LogP contribution in [0, 0.1) is 10.1 Å². The summed E-state index contributed by atoms with van der Waals surface area (Å²) in [5, 5.41) is 23.2. The lowest BCUT2D eigenvalue weighted by atomic mass is 10.2. The van der Waals surface area contributed by atoms with Crippen molar-refractivity contribution in [2.45, 2.75) is 12.5 Å². The number of nitrogens with one attached hydrogen (secondary N) is 1. The highest BCUT2D eigenvalue weighted by molar-refractivity contribution is 5.93. The number of quaternary nitrogens is 1. The summed E-state index contributed by atoms with van der Waals surface area (Å²) in [5.41, 5.74) is 3.49. The molecular formula is C10H11N3O5. The number of hydrogen-bond donors (Lipinski definition) is 2. The van der Waals surface area contributed by atoms with Crippen molar-refractivity contribution in [3.05, 3.63) is 34.4 Å². The third kappa shape index (κ3) is 3.83. The van der Waals surface area contributed by atoms with Gasteiger partial charge in [0.15, 0.2) is 0 Å². The Bertz CT molecular complexity index is 471. The first kappa shape index (κ1) is 13.6. The van der Waals surface area contributed by atoms with Crippen LogP contribution in [0.15, 0.2) is 24.3 Å². The minimum Gasteiger partial charge on any atom is -0.544 e. The number of carbonyl (C=O) groups excluding carboxylic acids is 2. The van der Waals surface area contributed by atoms with Gasteiger partial charge >= 0.3 is 0 Å². The maximum atomic E-state index is 11.4. The molecular weight excluding hydrogens is 242 g/mol. The van der Waals surface area contributed by atoms with Gasteiger partial charge in [-0.3, -0.25) is 14.9 Å². The SMILES string of the molecule is [NH3+][C@@H](CC(=O)Nc1ccc([N+](=O)[O-])cc1)C(=O)[O-]. The molecule has 1 aromatic rings. The summed E-state index contributed by atoms with van der Waals surface area (Å²) in [5.74, 6) is -1.96. The third-order valence-electron chi connectivity index (χ3n) is 2.13. The van der Waals surface area contributed by atoms with E-state index >= 15 is 0 Å². The normalized spacial score (nSPS) is 11.6. The summed E-state index contributed by atoms with van der Waals surface area (Å²) in [6.07, 6.45) is -0.320. The van der Waals surface area contributed by atoms with E-state index in [9.17, 15) is 24.8 Å². The summed E-state index contributed by atoms with van der Waals surface area (Å²) >= 11 is 0. The fraction of sp³-hybridized carbons (Fsp3) is 0.200. The van der Waals surface area contributed by atoms with E-state index in [2.05, 4.69) is 11.1 Å². The Morgan fingerprint density at radius 1 is 1.33 bits per heavy atom. The van der Waals surface area contributed by atoms with E-state index in [0.717, 1.165) is 0 Å². The number of carboxylic acid groups (broad SMARTS) is 1. The predicted molar refractivity (Wildman–Crippen MR) is 58.0 cm³/mol. The third-order valence-corrected chi connectivity index (χ3v) is 2.13. The molecule has 1 amide bonds. The van der Waals surface area contributed by atoms with Crippen molar-refractivity contribution in [3.8, 4) is 0 Å². The molecule has 0 aliphatic carbocycles. The average molecular weight is 253 g/mol. The quantitative estimate of drug-likeness (QED) is 0.474. The smallest absolute Gasteiger partial charge is 0.269 e. The van der Waals surface area contributed by atoms with Gasteiger partial charge in [0.05, 0.1) is 17.3 Å². The fourth-order valence-corrected chi connectivity index (χ4v) is 1.19. The minimum atomic E-state index is -1.41. The van der Waals surface area contributed by atoms with E-state index in [-0.39, 0.29) is 12.1 Å². The molecule has 1 aromatic carbocycles. The van der Waals surface area contributed by atoms with Gasteiger partial charge in [0.1, 0.15) is 6.04 Å². The van der Waals surface area contributed by atoms with Crippen molar-refractivity contribution in [1.29, 1.82) is 0 Å². The highest BCUT2D eigenvalue weighted by Gasteiger charge is 2.14. The number of rotatable bonds is 5. The Hall–Kier alpha value is -2.48. The topological polar surface area (TPSA) is 140 Å². The zero-order valence-corrected chi connectivity index (χ0v) is 9.29. The van der Waals surface area contributed by atoms with Crippen LogP contribution in [0.25, 0.3) is 0 Å². The molecule has 96 valence electrons. The second-order valence-corrected chi connectivity index (χ2v) is 3.57. The van der Waals surface area contributed by atoms with Crippen LogP contribution >= 0.6 is 0 Å². The average Bonchev–Trinajstić information content (AvgIpc) is 2.29. The maximum absolute atomic E-state index is 11.4. The lowest BCUT2D eigenvalue weighted by molar-refractivity contribution is -0.436. The molecule has 0 aromatic heterocycles. The van der Waals surface area contributed by atoms with Crippen LogP contribution in [-0.2, 0) is 9.59 Å². The number of aliphatic carboxylic acids is 1. The molecule has 8 heteroatoms. The molecule has 18 heavy (non-hydrogen) atoms. The van der Waals surface area contributed by atoms with Crippen molar-refractivity contribution in [2.24, 2.45) is 0 Å². The Labute approximate surface area is 102 Å². The zero-order chi connectivity index (χ0) is 13.7. The van der Waals surface area contributed by atoms with Crippen molar-refractivity contribution < 1.29 is 25.4 Å². The first-order valence-corrected chi connectivity index (χ1v) is 4.98. The molecule has 0 radical (unpaired) electrons. The Balaban J connectivity index is 2.60. The number of nitrogens with zero attached hydrogens (tertiary/aromatic N) is 1. The zero-order valence-electron chi connectivity index (χ0n) is 9.29. The fourth-order valence-electron chi connectivity index (χ4n) is 1.19. The molecule has 0 heterocycles. The largest absolute Gasteiger partial charge is 0.544 e. The highest BCUT2D eigenvalue weighted by atomic mass is 16.6.